The molecule has 1 saturated carbocycles. The summed E-state index contributed by atoms with van der Waals surface area (Å²) in [7, 11) is 0. The van der Waals surface area contributed by atoms with Crippen molar-refractivity contribution in [1.29, 1.82) is 0 Å². The Hall–Kier alpha value is -2.58. The highest BCUT2D eigenvalue weighted by molar-refractivity contribution is 6.35. The van der Waals surface area contributed by atoms with E-state index >= 15 is 0 Å². The maximum atomic E-state index is 14.9. The number of carbonyl (C=O) groups is 1. The minimum atomic E-state index is -0.632. The van der Waals surface area contributed by atoms with E-state index < -0.39 is 5.82 Å². The first-order valence-electron chi connectivity index (χ1n) is 11.5. The molecule has 4 aliphatic rings. The molecule has 0 bridgehead atoms. The van der Waals surface area contributed by atoms with Gasteiger partial charge in [0.1, 0.15) is 40.3 Å². The number of anilines is 1. The Morgan fingerprint density at radius 2 is 2.15 bits per heavy atom. The summed E-state index contributed by atoms with van der Waals surface area (Å²) in [5.41, 5.74) is 0.340. The zero-order valence-corrected chi connectivity index (χ0v) is 19.2. The lowest BCUT2D eigenvalue weighted by Gasteiger charge is -2.34. The van der Waals surface area contributed by atoms with Gasteiger partial charge in [-0.1, -0.05) is 24.6 Å². The average molecular weight is 473 g/mol. The van der Waals surface area contributed by atoms with E-state index in [1.807, 2.05) is 4.90 Å². The Morgan fingerprint density at radius 3 is 2.91 bits per heavy atom. The number of benzene rings is 1. The summed E-state index contributed by atoms with van der Waals surface area (Å²) in [6.45, 7) is 5.14. The lowest BCUT2D eigenvalue weighted by atomic mass is 10.0. The quantitative estimate of drug-likeness (QED) is 0.697. The molecule has 2 N–H and O–H groups in total. The number of piperazine rings is 1. The minimum Gasteiger partial charge on any atom is -0.507 e. The van der Waals surface area contributed by atoms with Crippen LogP contribution in [0.1, 0.15) is 36.5 Å². The van der Waals surface area contributed by atoms with Gasteiger partial charge in [0.15, 0.2) is 5.75 Å². The van der Waals surface area contributed by atoms with E-state index in [1.54, 1.807) is 0 Å². The number of nitrogens with zero attached hydrogens (tertiary/aromatic N) is 3. The number of pyridine rings is 1. The highest BCUT2D eigenvalue weighted by Crippen LogP contribution is 2.55. The van der Waals surface area contributed by atoms with Crippen LogP contribution in [0, 0.1) is 11.7 Å². The van der Waals surface area contributed by atoms with Crippen LogP contribution in [-0.4, -0.2) is 65.3 Å². The van der Waals surface area contributed by atoms with Gasteiger partial charge in [0.05, 0.1) is 11.6 Å². The van der Waals surface area contributed by atoms with Gasteiger partial charge in [0.2, 0.25) is 0 Å². The van der Waals surface area contributed by atoms with E-state index in [4.69, 9.17) is 21.3 Å². The number of hydrogen-bond acceptors (Lipinski definition) is 6. The topological polar surface area (TPSA) is 77.9 Å². The number of carbonyl (C=O) groups excluding carboxylic acids is 1. The number of halogens is 2. The van der Waals surface area contributed by atoms with E-state index in [0.717, 1.165) is 25.8 Å². The number of aromatic nitrogens is 1. The predicted octanol–water partition coefficient (Wildman–Crippen LogP) is 3.43. The molecule has 2 atom stereocenters. The van der Waals surface area contributed by atoms with Crippen molar-refractivity contribution in [3.63, 3.8) is 0 Å². The number of nitrogens with one attached hydrogen (secondary N) is 1. The van der Waals surface area contributed by atoms with Crippen molar-refractivity contribution < 1.29 is 19.0 Å². The third kappa shape index (κ3) is 3.18. The molecule has 9 heteroatoms. The molecule has 4 heterocycles. The second-order valence-corrected chi connectivity index (χ2v) is 10.1. The zero-order valence-electron chi connectivity index (χ0n) is 18.4. The van der Waals surface area contributed by atoms with Crippen molar-refractivity contribution in [1.82, 2.24) is 15.2 Å². The molecule has 1 aromatic carbocycles. The molecule has 1 amide bonds. The highest BCUT2D eigenvalue weighted by Gasteiger charge is 2.55. The number of rotatable bonds is 2. The van der Waals surface area contributed by atoms with Gasteiger partial charge < -0.3 is 25.0 Å². The molecule has 1 unspecified atom stereocenters. The lowest BCUT2D eigenvalue weighted by molar-refractivity contribution is 0.0606. The van der Waals surface area contributed by atoms with Gasteiger partial charge in [-0.15, -0.1) is 0 Å². The molecule has 6 rings (SSSR count). The van der Waals surface area contributed by atoms with E-state index in [-0.39, 0.29) is 51.9 Å². The van der Waals surface area contributed by atoms with Gasteiger partial charge in [0, 0.05) is 31.7 Å². The standard InChI is InChI=1S/C24H26ClFN4O3/c1-13-9-24(5-6-24)30(11-13)22-18-21(33-12-14-10-27-7-8-29(14)23(18)32)19(25)20(28-22)17-15(26)3-2-4-16(17)31/h2-4,13-14,27,31H,5-12H2,1H3/t13?,14-/m1/s1. The Bertz CT molecular complexity index is 1130. The first-order valence-corrected chi connectivity index (χ1v) is 11.9. The molecule has 1 spiro atoms. The summed E-state index contributed by atoms with van der Waals surface area (Å²) >= 11 is 6.76. The minimum absolute atomic E-state index is 0.0298. The molecule has 1 aliphatic carbocycles. The van der Waals surface area contributed by atoms with E-state index in [0.29, 0.717) is 36.9 Å². The summed E-state index contributed by atoms with van der Waals surface area (Å²) in [5, 5.41) is 13.8. The first kappa shape index (κ1) is 21.0. The summed E-state index contributed by atoms with van der Waals surface area (Å²) in [5.74, 6) is 0.116. The molecule has 174 valence electrons. The summed E-state index contributed by atoms with van der Waals surface area (Å²) in [6, 6.07) is 3.97. The van der Waals surface area contributed by atoms with Crippen molar-refractivity contribution in [2.75, 3.05) is 37.7 Å². The Balaban J connectivity index is 1.60. The number of phenols is 1. The first-order chi connectivity index (χ1) is 15.9. The molecule has 7 nitrogen and oxygen atoms in total. The molecule has 2 aromatic rings. The van der Waals surface area contributed by atoms with Gasteiger partial charge in [-0.3, -0.25) is 4.79 Å². The fraction of sp³-hybridized carbons (Fsp3) is 0.500. The van der Waals surface area contributed by atoms with Crippen molar-refractivity contribution >= 4 is 23.3 Å². The monoisotopic (exact) mass is 472 g/mol. The number of aromatic hydroxyl groups is 1. The maximum Gasteiger partial charge on any atom is 0.261 e. The van der Waals surface area contributed by atoms with Gasteiger partial charge in [-0.2, -0.15) is 0 Å². The fourth-order valence-electron chi connectivity index (χ4n) is 5.72. The van der Waals surface area contributed by atoms with Crippen molar-refractivity contribution in [3.8, 4) is 22.8 Å². The second kappa shape index (κ2) is 7.46. The van der Waals surface area contributed by atoms with Crippen LogP contribution in [0.25, 0.3) is 11.3 Å². The zero-order chi connectivity index (χ0) is 22.9. The van der Waals surface area contributed by atoms with Gasteiger partial charge in [-0.05, 0) is 37.3 Å². The number of ether oxygens (including phenoxy) is 1. The SMILES string of the molecule is CC1CN(c2nc(-c3c(O)cccc3F)c(Cl)c3c2C(=O)N2CCNC[C@@H]2CO3)C2(CC2)C1. The van der Waals surface area contributed by atoms with Crippen LogP contribution in [0.15, 0.2) is 18.2 Å². The van der Waals surface area contributed by atoms with Crippen LogP contribution in [0.4, 0.5) is 10.2 Å². The smallest absolute Gasteiger partial charge is 0.261 e. The van der Waals surface area contributed by atoms with Crippen molar-refractivity contribution in [3.05, 3.63) is 34.6 Å². The van der Waals surface area contributed by atoms with Crippen LogP contribution in [-0.2, 0) is 0 Å². The molecular weight excluding hydrogens is 447 g/mol. The Kier molecular flexibility index (Phi) is 4.75. The third-order valence-corrected chi connectivity index (χ3v) is 7.78. The normalized spacial score (nSPS) is 25.5. The molecule has 33 heavy (non-hydrogen) atoms. The van der Waals surface area contributed by atoms with Gasteiger partial charge in [0.25, 0.3) is 5.91 Å². The Morgan fingerprint density at radius 1 is 1.33 bits per heavy atom. The van der Waals surface area contributed by atoms with Crippen molar-refractivity contribution in [2.24, 2.45) is 5.92 Å². The summed E-state index contributed by atoms with van der Waals surface area (Å²) < 4.78 is 21.1. The van der Waals surface area contributed by atoms with Crippen LogP contribution in [0.5, 0.6) is 11.5 Å². The van der Waals surface area contributed by atoms with Gasteiger partial charge >= 0.3 is 0 Å². The highest BCUT2D eigenvalue weighted by atomic mass is 35.5. The maximum absolute atomic E-state index is 14.9. The van der Waals surface area contributed by atoms with E-state index in [2.05, 4.69) is 17.1 Å². The largest absolute Gasteiger partial charge is 0.507 e. The van der Waals surface area contributed by atoms with Crippen LogP contribution in [0.2, 0.25) is 5.02 Å². The van der Waals surface area contributed by atoms with E-state index in [9.17, 15) is 14.3 Å². The number of fused-ring (bicyclic) bond motifs is 2. The van der Waals surface area contributed by atoms with Crippen LogP contribution in [0.3, 0.4) is 0 Å². The molecule has 2 saturated heterocycles. The van der Waals surface area contributed by atoms with Gasteiger partial charge in [-0.25, -0.2) is 9.37 Å². The molecule has 0 radical (unpaired) electrons. The van der Waals surface area contributed by atoms with Crippen LogP contribution < -0.4 is 15.0 Å². The summed E-state index contributed by atoms with van der Waals surface area (Å²) in [4.78, 5) is 22.7. The summed E-state index contributed by atoms with van der Waals surface area (Å²) in [6.07, 6.45) is 3.09. The second-order valence-electron chi connectivity index (χ2n) is 9.75. The molecular formula is C24H26ClFN4O3. The van der Waals surface area contributed by atoms with E-state index in [1.165, 1.54) is 18.2 Å². The molecule has 3 aliphatic heterocycles. The number of hydrogen-bond donors (Lipinski definition) is 2. The van der Waals surface area contributed by atoms with Crippen molar-refractivity contribution in [2.45, 2.75) is 37.8 Å². The lowest BCUT2D eigenvalue weighted by Crippen LogP contribution is -2.55. The number of amides is 1. The molecule has 1 aromatic heterocycles. The molecule has 3 fully saturated rings. The average Bonchev–Trinajstić information content (AvgIpc) is 3.51. The number of phenolic OH excluding ortho intramolecular Hbond substituents is 1. The third-order valence-electron chi connectivity index (χ3n) is 7.43. The predicted molar refractivity (Wildman–Crippen MR) is 123 cm³/mol. The fourth-order valence-corrected chi connectivity index (χ4v) is 6.01. The van der Waals surface area contributed by atoms with Crippen LogP contribution >= 0.6 is 11.6 Å². The Labute approximate surface area is 196 Å².